The molecule has 0 aliphatic rings. The third-order valence-corrected chi connectivity index (χ3v) is 4.47. The second-order valence-corrected chi connectivity index (χ2v) is 6.53. The van der Waals surface area contributed by atoms with Gasteiger partial charge in [0.2, 0.25) is 0 Å². The highest BCUT2D eigenvalue weighted by atomic mass is 32.1. The lowest BCUT2D eigenvalue weighted by atomic mass is 9.99. The van der Waals surface area contributed by atoms with E-state index < -0.39 is 0 Å². The highest BCUT2D eigenvalue weighted by Crippen LogP contribution is 2.16. The molecular weight excluding hydrogens is 276 g/mol. The van der Waals surface area contributed by atoms with Crippen LogP contribution in [-0.2, 0) is 13.1 Å². The SMILES string of the molecule is CCNCC(C)c1ccc(CN(C)Cc2ccsc2)cc1. The van der Waals surface area contributed by atoms with Gasteiger partial charge in [-0.2, -0.15) is 11.3 Å². The molecule has 0 aliphatic carbocycles. The first-order chi connectivity index (χ1) is 10.2. The van der Waals surface area contributed by atoms with Gasteiger partial charge in [0.05, 0.1) is 0 Å². The molecule has 1 heterocycles. The molecule has 2 rings (SSSR count). The zero-order valence-electron chi connectivity index (χ0n) is 13.3. The van der Waals surface area contributed by atoms with E-state index in [0.717, 1.165) is 26.2 Å². The fourth-order valence-corrected chi connectivity index (χ4v) is 3.15. The average Bonchev–Trinajstić information content (AvgIpc) is 2.98. The van der Waals surface area contributed by atoms with Crippen LogP contribution in [0.2, 0.25) is 0 Å². The highest BCUT2D eigenvalue weighted by molar-refractivity contribution is 7.07. The molecule has 1 aromatic carbocycles. The maximum absolute atomic E-state index is 3.41. The lowest BCUT2D eigenvalue weighted by Gasteiger charge is -2.17. The summed E-state index contributed by atoms with van der Waals surface area (Å²) in [5.74, 6) is 0.572. The van der Waals surface area contributed by atoms with Crippen LogP contribution in [0, 0.1) is 0 Å². The highest BCUT2D eigenvalue weighted by Gasteiger charge is 2.06. The summed E-state index contributed by atoms with van der Waals surface area (Å²) in [6.45, 7) is 8.53. The maximum atomic E-state index is 3.41. The van der Waals surface area contributed by atoms with Gasteiger partial charge in [0.15, 0.2) is 0 Å². The van der Waals surface area contributed by atoms with E-state index in [2.05, 4.69) is 72.2 Å². The summed E-state index contributed by atoms with van der Waals surface area (Å²) in [6.07, 6.45) is 0. The summed E-state index contributed by atoms with van der Waals surface area (Å²) in [6, 6.07) is 11.3. The molecule has 0 saturated carbocycles. The summed E-state index contributed by atoms with van der Waals surface area (Å²) in [4.78, 5) is 2.36. The van der Waals surface area contributed by atoms with Crippen molar-refractivity contribution in [2.75, 3.05) is 20.1 Å². The van der Waals surface area contributed by atoms with Crippen molar-refractivity contribution in [2.24, 2.45) is 0 Å². The van der Waals surface area contributed by atoms with E-state index in [-0.39, 0.29) is 0 Å². The number of thiophene rings is 1. The van der Waals surface area contributed by atoms with Gasteiger partial charge in [-0.05, 0) is 53.0 Å². The molecule has 0 aliphatic heterocycles. The Morgan fingerprint density at radius 3 is 2.43 bits per heavy atom. The first kappa shape index (κ1) is 16.2. The zero-order chi connectivity index (χ0) is 15.1. The molecule has 1 N–H and O–H groups in total. The fourth-order valence-electron chi connectivity index (χ4n) is 2.49. The van der Waals surface area contributed by atoms with E-state index in [1.165, 1.54) is 16.7 Å². The minimum Gasteiger partial charge on any atom is -0.316 e. The Morgan fingerprint density at radius 2 is 1.81 bits per heavy atom. The van der Waals surface area contributed by atoms with Gasteiger partial charge < -0.3 is 5.32 Å². The Hall–Kier alpha value is -1.16. The van der Waals surface area contributed by atoms with E-state index >= 15 is 0 Å². The molecule has 0 amide bonds. The van der Waals surface area contributed by atoms with Crippen molar-refractivity contribution in [3.8, 4) is 0 Å². The summed E-state index contributed by atoms with van der Waals surface area (Å²) in [7, 11) is 2.18. The number of likely N-dealkylation sites (N-methyl/N-ethyl adjacent to an activating group) is 1. The summed E-state index contributed by atoms with van der Waals surface area (Å²) < 4.78 is 0. The molecule has 2 aromatic rings. The zero-order valence-corrected chi connectivity index (χ0v) is 14.1. The Labute approximate surface area is 132 Å². The van der Waals surface area contributed by atoms with Gasteiger partial charge in [0.25, 0.3) is 0 Å². The largest absolute Gasteiger partial charge is 0.316 e. The van der Waals surface area contributed by atoms with Crippen molar-refractivity contribution in [1.82, 2.24) is 10.2 Å². The summed E-state index contributed by atoms with van der Waals surface area (Å²) in [5, 5.41) is 7.78. The first-order valence-corrected chi connectivity index (χ1v) is 8.62. The van der Waals surface area contributed by atoms with Crippen LogP contribution in [0.25, 0.3) is 0 Å². The van der Waals surface area contributed by atoms with Crippen LogP contribution in [0.15, 0.2) is 41.1 Å². The Bertz CT molecular complexity index is 505. The van der Waals surface area contributed by atoms with E-state index in [0.29, 0.717) is 5.92 Å². The molecule has 0 spiro atoms. The number of hydrogen-bond acceptors (Lipinski definition) is 3. The number of nitrogens with one attached hydrogen (secondary N) is 1. The van der Waals surface area contributed by atoms with Crippen LogP contribution < -0.4 is 5.32 Å². The first-order valence-electron chi connectivity index (χ1n) is 7.68. The summed E-state index contributed by atoms with van der Waals surface area (Å²) >= 11 is 1.77. The Morgan fingerprint density at radius 1 is 1.10 bits per heavy atom. The maximum Gasteiger partial charge on any atom is 0.0242 e. The van der Waals surface area contributed by atoms with Crippen molar-refractivity contribution in [3.05, 3.63) is 57.8 Å². The van der Waals surface area contributed by atoms with E-state index in [1.807, 2.05) is 0 Å². The van der Waals surface area contributed by atoms with Crippen molar-refractivity contribution >= 4 is 11.3 Å². The molecule has 0 radical (unpaired) electrons. The van der Waals surface area contributed by atoms with Crippen LogP contribution in [0.4, 0.5) is 0 Å². The van der Waals surface area contributed by atoms with Gasteiger partial charge in [0.1, 0.15) is 0 Å². The Balaban J connectivity index is 1.86. The minimum absolute atomic E-state index is 0.572. The van der Waals surface area contributed by atoms with Crippen LogP contribution >= 0.6 is 11.3 Å². The third kappa shape index (κ3) is 5.27. The minimum atomic E-state index is 0.572. The second kappa shape index (κ2) is 8.32. The number of hydrogen-bond donors (Lipinski definition) is 1. The van der Waals surface area contributed by atoms with Gasteiger partial charge in [-0.3, -0.25) is 4.90 Å². The van der Waals surface area contributed by atoms with Crippen LogP contribution in [0.1, 0.15) is 36.5 Å². The molecule has 2 nitrogen and oxygen atoms in total. The summed E-state index contributed by atoms with van der Waals surface area (Å²) in [5.41, 5.74) is 4.20. The molecule has 114 valence electrons. The molecule has 3 heteroatoms. The topological polar surface area (TPSA) is 15.3 Å². The third-order valence-electron chi connectivity index (χ3n) is 3.73. The van der Waals surface area contributed by atoms with Crippen molar-refractivity contribution in [2.45, 2.75) is 32.9 Å². The van der Waals surface area contributed by atoms with Gasteiger partial charge >= 0.3 is 0 Å². The molecule has 0 bridgehead atoms. The normalized spacial score (nSPS) is 12.8. The molecular formula is C18H26N2S. The van der Waals surface area contributed by atoms with Crippen molar-refractivity contribution < 1.29 is 0 Å². The quantitative estimate of drug-likeness (QED) is 0.790. The lowest BCUT2D eigenvalue weighted by molar-refractivity contribution is 0.319. The monoisotopic (exact) mass is 302 g/mol. The van der Waals surface area contributed by atoms with E-state index in [4.69, 9.17) is 0 Å². The molecule has 1 atom stereocenters. The fraction of sp³-hybridized carbons (Fsp3) is 0.444. The van der Waals surface area contributed by atoms with Gasteiger partial charge in [-0.1, -0.05) is 38.1 Å². The molecule has 1 aromatic heterocycles. The average molecular weight is 302 g/mol. The number of benzene rings is 1. The predicted molar refractivity (Wildman–Crippen MR) is 92.9 cm³/mol. The van der Waals surface area contributed by atoms with Crippen LogP contribution in [-0.4, -0.2) is 25.0 Å². The van der Waals surface area contributed by atoms with Crippen molar-refractivity contribution in [1.29, 1.82) is 0 Å². The molecule has 0 saturated heterocycles. The van der Waals surface area contributed by atoms with Crippen LogP contribution in [0.3, 0.4) is 0 Å². The molecule has 0 fully saturated rings. The van der Waals surface area contributed by atoms with Gasteiger partial charge in [-0.25, -0.2) is 0 Å². The predicted octanol–water partition coefficient (Wildman–Crippen LogP) is 4.09. The smallest absolute Gasteiger partial charge is 0.0242 e. The van der Waals surface area contributed by atoms with Crippen molar-refractivity contribution in [3.63, 3.8) is 0 Å². The standard InChI is InChI=1S/C18H26N2S/c1-4-19-11-15(2)18-7-5-16(6-8-18)12-20(3)13-17-9-10-21-14-17/h5-10,14-15,19H,4,11-13H2,1-3H3. The van der Waals surface area contributed by atoms with Crippen LogP contribution in [0.5, 0.6) is 0 Å². The van der Waals surface area contributed by atoms with E-state index in [1.54, 1.807) is 11.3 Å². The second-order valence-electron chi connectivity index (χ2n) is 5.75. The number of nitrogens with zero attached hydrogens (tertiary/aromatic N) is 1. The van der Waals surface area contributed by atoms with Gasteiger partial charge in [-0.15, -0.1) is 0 Å². The molecule has 1 unspecified atom stereocenters. The number of rotatable bonds is 8. The van der Waals surface area contributed by atoms with Gasteiger partial charge in [0, 0.05) is 19.6 Å². The van der Waals surface area contributed by atoms with E-state index in [9.17, 15) is 0 Å². The Kier molecular flexibility index (Phi) is 6.43. The lowest BCUT2D eigenvalue weighted by Crippen LogP contribution is -2.19. The molecule has 21 heavy (non-hydrogen) atoms.